The topological polar surface area (TPSA) is 67.0 Å². The van der Waals surface area contributed by atoms with E-state index >= 15 is 0 Å². The second kappa shape index (κ2) is 6.20. The van der Waals surface area contributed by atoms with Gasteiger partial charge in [0.2, 0.25) is 5.91 Å². The number of fused-ring (bicyclic) bond motifs is 1. The Kier molecular flexibility index (Phi) is 4.12. The number of hydrogen-bond donors (Lipinski definition) is 1. The van der Waals surface area contributed by atoms with E-state index in [1.165, 1.54) is 0 Å². The number of aromatic nitrogens is 1. The highest BCUT2D eigenvalue weighted by Crippen LogP contribution is 2.24. The van der Waals surface area contributed by atoms with E-state index in [9.17, 15) is 10.1 Å². The number of nitriles is 1. The van der Waals surface area contributed by atoms with E-state index in [4.69, 9.17) is 4.74 Å². The number of nitrogens with one attached hydrogen (secondary N) is 1. The molecule has 1 atom stereocenters. The Morgan fingerprint density at radius 3 is 3.05 bits per heavy atom. The van der Waals surface area contributed by atoms with Gasteiger partial charge in [-0.3, -0.25) is 4.79 Å². The molecule has 1 aliphatic rings. The molecule has 1 fully saturated rings. The molecule has 2 aromatic rings. The molecule has 3 rings (SSSR count). The van der Waals surface area contributed by atoms with E-state index < -0.39 is 0 Å². The molecule has 2 heterocycles. The Morgan fingerprint density at radius 1 is 1.50 bits per heavy atom. The van der Waals surface area contributed by atoms with Crippen LogP contribution >= 0.6 is 0 Å². The minimum Gasteiger partial charge on any atom is -0.376 e. The maximum atomic E-state index is 12.2. The Labute approximate surface area is 129 Å². The summed E-state index contributed by atoms with van der Waals surface area (Å²) in [6.07, 6.45) is 2.21. The van der Waals surface area contributed by atoms with Crippen LogP contribution in [0.4, 0.5) is 0 Å². The number of ether oxygens (including phenoxy) is 1. The molecular formula is C17H19N3O2. The molecule has 1 aromatic heterocycles. The first-order valence-electron chi connectivity index (χ1n) is 7.57. The van der Waals surface area contributed by atoms with Crippen LogP contribution < -0.4 is 5.32 Å². The molecule has 0 spiro atoms. The first-order chi connectivity index (χ1) is 10.7. The molecule has 1 amide bonds. The monoisotopic (exact) mass is 297 g/mol. The van der Waals surface area contributed by atoms with Gasteiger partial charge in [-0.25, -0.2) is 0 Å². The molecule has 1 aliphatic heterocycles. The molecule has 0 aliphatic carbocycles. The van der Waals surface area contributed by atoms with Crippen LogP contribution in [0.5, 0.6) is 0 Å². The highest BCUT2D eigenvalue weighted by Gasteiger charge is 2.18. The molecular weight excluding hydrogens is 278 g/mol. The van der Waals surface area contributed by atoms with Gasteiger partial charge < -0.3 is 14.6 Å². The maximum Gasteiger partial charge on any atom is 0.240 e. The first kappa shape index (κ1) is 14.6. The van der Waals surface area contributed by atoms with Gasteiger partial charge in [0.25, 0.3) is 0 Å². The quantitative estimate of drug-likeness (QED) is 0.940. The lowest BCUT2D eigenvalue weighted by atomic mass is 10.1. The SMILES string of the molecule is Cc1c(C#N)c2ccccc2n1CC(=O)NC[C@@H]1CCCO1. The summed E-state index contributed by atoms with van der Waals surface area (Å²) in [5.74, 6) is -0.0520. The standard InChI is InChI=1S/C17H19N3O2/c1-12-15(9-18)14-6-2-3-7-16(14)20(12)11-17(21)19-10-13-5-4-8-22-13/h2-3,6-7,13H,4-5,8,10-11H2,1H3,(H,19,21)/t13-/m0/s1. The van der Waals surface area contributed by atoms with Crippen LogP contribution in [-0.4, -0.2) is 29.7 Å². The predicted octanol–water partition coefficient (Wildman–Crippen LogP) is 2.12. The molecule has 0 unspecified atom stereocenters. The minimum atomic E-state index is -0.0520. The fraction of sp³-hybridized carbons (Fsp3) is 0.412. The number of rotatable bonds is 4. The highest BCUT2D eigenvalue weighted by atomic mass is 16.5. The molecule has 1 N–H and O–H groups in total. The van der Waals surface area contributed by atoms with Crippen LogP contribution in [0.3, 0.4) is 0 Å². The molecule has 114 valence electrons. The number of amides is 1. The van der Waals surface area contributed by atoms with Gasteiger partial charge in [0.15, 0.2) is 0 Å². The predicted molar refractivity (Wildman–Crippen MR) is 83.4 cm³/mol. The number of para-hydroxylation sites is 1. The summed E-state index contributed by atoms with van der Waals surface area (Å²) in [5, 5.41) is 13.2. The Balaban J connectivity index is 1.77. The summed E-state index contributed by atoms with van der Waals surface area (Å²) in [7, 11) is 0. The number of nitrogens with zero attached hydrogens (tertiary/aromatic N) is 2. The van der Waals surface area contributed by atoms with Crippen LogP contribution in [0, 0.1) is 18.3 Å². The van der Waals surface area contributed by atoms with Crippen molar-refractivity contribution >= 4 is 16.8 Å². The van der Waals surface area contributed by atoms with Crippen molar-refractivity contribution in [1.82, 2.24) is 9.88 Å². The smallest absolute Gasteiger partial charge is 0.240 e. The van der Waals surface area contributed by atoms with E-state index in [1.54, 1.807) is 0 Å². The fourth-order valence-corrected chi connectivity index (χ4v) is 3.01. The van der Waals surface area contributed by atoms with Gasteiger partial charge in [0.1, 0.15) is 12.6 Å². The molecule has 5 heteroatoms. The average Bonchev–Trinajstić information content (AvgIpc) is 3.13. The number of carbonyl (C=O) groups is 1. The third-order valence-corrected chi connectivity index (χ3v) is 4.20. The lowest BCUT2D eigenvalue weighted by Crippen LogP contribution is -2.34. The zero-order valence-corrected chi connectivity index (χ0v) is 12.6. The van der Waals surface area contributed by atoms with Crippen molar-refractivity contribution in [2.24, 2.45) is 0 Å². The van der Waals surface area contributed by atoms with Crippen LogP contribution in [0.1, 0.15) is 24.1 Å². The molecule has 0 bridgehead atoms. The summed E-state index contributed by atoms with van der Waals surface area (Å²) in [4.78, 5) is 12.2. The van der Waals surface area contributed by atoms with Gasteiger partial charge in [-0.15, -0.1) is 0 Å². The lowest BCUT2D eigenvalue weighted by molar-refractivity contribution is -0.122. The summed E-state index contributed by atoms with van der Waals surface area (Å²) in [5.41, 5.74) is 2.39. The largest absolute Gasteiger partial charge is 0.376 e. The normalized spacial score (nSPS) is 17.5. The summed E-state index contributed by atoms with van der Waals surface area (Å²) >= 11 is 0. The average molecular weight is 297 g/mol. The number of benzene rings is 1. The number of hydrogen-bond acceptors (Lipinski definition) is 3. The summed E-state index contributed by atoms with van der Waals surface area (Å²) in [6.45, 7) is 3.45. The van der Waals surface area contributed by atoms with Gasteiger partial charge in [-0.2, -0.15) is 5.26 Å². The molecule has 1 saturated heterocycles. The van der Waals surface area contributed by atoms with Gasteiger partial charge in [0, 0.05) is 24.2 Å². The van der Waals surface area contributed by atoms with Gasteiger partial charge in [-0.1, -0.05) is 18.2 Å². The van der Waals surface area contributed by atoms with Crippen LogP contribution in [0.15, 0.2) is 24.3 Å². The van der Waals surface area contributed by atoms with Crippen LogP contribution in [0.2, 0.25) is 0 Å². The van der Waals surface area contributed by atoms with Gasteiger partial charge in [-0.05, 0) is 25.8 Å². The molecule has 0 radical (unpaired) electrons. The van der Waals surface area contributed by atoms with Crippen molar-refractivity contribution in [3.63, 3.8) is 0 Å². The van der Waals surface area contributed by atoms with Crippen molar-refractivity contribution in [2.75, 3.05) is 13.2 Å². The molecule has 0 saturated carbocycles. The molecule has 22 heavy (non-hydrogen) atoms. The highest BCUT2D eigenvalue weighted by molar-refractivity contribution is 5.89. The van der Waals surface area contributed by atoms with Crippen molar-refractivity contribution in [2.45, 2.75) is 32.4 Å². The third kappa shape index (κ3) is 2.70. The van der Waals surface area contributed by atoms with Gasteiger partial charge >= 0.3 is 0 Å². The third-order valence-electron chi connectivity index (χ3n) is 4.20. The van der Waals surface area contributed by atoms with Crippen molar-refractivity contribution in [1.29, 1.82) is 5.26 Å². The van der Waals surface area contributed by atoms with E-state index in [1.807, 2.05) is 35.8 Å². The molecule has 1 aromatic carbocycles. The summed E-state index contributed by atoms with van der Waals surface area (Å²) < 4.78 is 7.41. The van der Waals surface area contributed by atoms with Gasteiger partial charge in [0.05, 0.1) is 17.2 Å². The fourth-order valence-electron chi connectivity index (χ4n) is 3.01. The zero-order chi connectivity index (χ0) is 15.5. The Bertz CT molecular complexity index is 736. The van der Waals surface area contributed by atoms with Crippen molar-refractivity contribution in [3.8, 4) is 6.07 Å². The second-order valence-corrected chi connectivity index (χ2v) is 5.61. The minimum absolute atomic E-state index is 0.0520. The Hall–Kier alpha value is -2.32. The van der Waals surface area contributed by atoms with Crippen molar-refractivity contribution < 1.29 is 9.53 Å². The van der Waals surface area contributed by atoms with Crippen LogP contribution in [0.25, 0.3) is 10.9 Å². The number of carbonyl (C=O) groups excluding carboxylic acids is 1. The van der Waals surface area contributed by atoms with Crippen LogP contribution in [-0.2, 0) is 16.1 Å². The van der Waals surface area contributed by atoms with Crippen molar-refractivity contribution in [3.05, 3.63) is 35.5 Å². The summed E-state index contributed by atoms with van der Waals surface area (Å²) in [6, 6.07) is 9.92. The van der Waals surface area contributed by atoms with E-state index in [0.717, 1.165) is 36.0 Å². The van der Waals surface area contributed by atoms with E-state index in [2.05, 4.69) is 11.4 Å². The molecule has 5 nitrogen and oxygen atoms in total. The zero-order valence-electron chi connectivity index (χ0n) is 12.6. The first-order valence-corrected chi connectivity index (χ1v) is 7.57. The second-order valence-electron chi connectivity index (χ2n) is 5.61. The van der Waals surface area contributed by atoms with E-state index in [-0.39, 0.29) is 18.6 Å². The van der Waals surface area contributed by atoms with E-state index in [0.29, 0.717) is 12.1 Å². The maximum absolute atomic E-state index is 12.2. The Morgan fingerprint density at radius 2 is 2.32 bits per heavy atom. The lowest BCUT2D eigenvalue weighted by Gasteiger charge is -2.12.